The number of carbonyl (C=O) groups is 1. The highest BCUT2D eigenvalue weighted by Crippen LogP contribution is 2.27. The molecule has 1 aliphatic heterocycles. The Balaban J connectivity index is 1.95. The number of aromatic amines is 1. The van der Waals surface area contributed by atoms with E-state index in [2.05, 4.69) is 4.98 Å². The Kier molecular flexibility index (Phi) is 3.16. The molecule has 1 amide bonds. The topological polar surface area (TPSA) is 88.1 Å². The summed E-state index contributed by atoms with van der Waals surface area (Å²) in [5.74, 6) is -0.719. The van der Waals surface area contributed by atoms with Crippen LogP contribution < -0.4 is 11.5 Å². The van der Waals surface area contributed by atoms with Crippen molar-refractivity contribution in [2.45, 2.75) is 12.1 Å². The van der Waals surface area contributed by atoms with Crippen LogP contribution in [0.25, 0.3) is 10.9 Å². The number of likely N-dealkylation sites (tertiary alicyclic amines) is 1. The van der Waals surface area contributed by atoms with E-state index in [4.69, 9.17) is 23.1 Å². The molecule has 1 saturated heterocycles. The van der Waals surface area contributed by atoms with Crippen molar-refractivity contribution in [1.82, 2.24) is 9.88 Å². The van der Waals surface area contributed by atoms with Crippen LogP contribution in [0.4, 0.5) is 4.39 Å². The van der Waals surface area contributed by atoms with Gasteiger partial charge in [-0.2, -0.15) is 0 Å². The number of hydrogen-bond donors (Lipinski definition) is 3. The van der Waals surface area contributed by atoms with Gasteiger partial charge in [0.25, 0.3) is 5.91 Å². The minimum Gasteiger partial charge on any atom is -0.350 e. The van der Waals surface area contributed by atoms with Crippen molar-refractivity contribution in [2.75, 3.05) is 13.1 Å². The molecule has 1 fully saturated rings. The summed E-state index contributed by atoms with van der Waals surface area (Å²) in [6.45, 7) is 0.828. The SMILES string of the molecule is N[C@@H]1CN(C(=O)c2cc3c(Cl)c(F)ccc3[nH]2)C[C@H]1N. The van der Waals surface area contributed by atoms with Crippen molar-refractivity contribution in [3.05, 3.63) is 34.7 Å². The minimum absolute atomic E-state index is 0.00706. The van der Waals surface area contributed by atoms with Crippen LogP contribution >= 0.6 is 11.6 Å². The second-order valence-corrected chi connectivity index (χ2v) is 5.42. The first-order chi connectivity index (χ1) is 9.47. The zero-order valence-electron chi connectivity index (χ0n) is 10.6. The summed E-state index contributed by atoms with van der Waals surface area (Å²) < 4.78 is 13.4. The Morgan fingerprint density at radius 2 is 2.00 bits per heavy atom. The van der Waals surface area contributed by atoms with Gasteiger partial charge in [0.1, 0.15) is 11.5 Å². The van der Waals surface area contributed by atoms with E-state index in [0.29, 0.717) is 29.7 Å². The van der Waals surface area contributed by atoms with Crippen LogP contribution in [0.15, 0.2) is 18.2 Å². The van der Waals surface area contributed by atoms with Crippen molar-refractivity contribution in [2.24, 2.45) is 11.5 Å². The summed E-state index contributed by atoms with van der Waals surface area (Å²) in [6, 6.07) is 3.93. The van der Waals surface area contributed by atoms with E-state index in [0.717, 1.165) is 0 Å². The molecule has 2 heterocycles. The van der Waals surface area contributed by atoms with Gasteiger partial charge < -0.3 is 21.4 Å². The lowest BCUT2D eigenvalue weighted by Gasteiger charge is -2.14. The third kappa shape index (κ3) is 2.06. The number of nitrogens with zero attached hydrogens (tertiary/aromatic N) is 1. The summed E-state index contributed by atoms with van der Waals surface area (Å²) in [7, 11) is 0. The first kappa shape index (κ1) is 13.4. The zero-order chi connectivity index (χ0) is 14.4. The average Bonchev–Trinajstić information content (AvgIpc) is 2.98. The number of hydrogen-bond acceptors (Lipinski definition) is 3. The molecule has 7 heteroatoms. The van der Waals surface area contributed by atoms with Crippen LogP contribution in [-0.2, 0) is 0 Å². The van der Waals surface area contributed by atoms with Gasteiger partial charge in [-0.1, -0.05) is 11.6 Å². The van der Waals surface area contributed by atoms with Crippen molar-refractivity contribution in [3.8, 4) is 0 Å². The fraction of sp³-hybridized carbons (Fsp3) is 0.308. The molecule has 3 rings (SSSR count). The molecule has 0 spiro atoms. The molecule has 0 radical (unpaired) electrons. The van der Waals surface area contributed by atoms with Crippen molar-refractivity contribution in [3.63, 3.8) is 0 Å². The number of fused-ring (bicyclic) bond motifs is 1. The Hall–Kier alpha value is -1.63. The molecule has 20 heavy (non-hydrogen) atoms. The van der Waals surface area contributed by atoms with Crippen LogP contribution in [0.1, 0.15) is 10.5 Å². The second-order valence-electron chi connectivity index (χ2n) is 5.04. The smallest absolute Gasteiger partial charge is 0.270 e. The predicted octanol–water partition coefficient (Wildman–Crippen LogP) is 1.07. The maximum Gasteiger partial charge on any atom is 0.270 e. The Bertz CT molecular complexity index is 676. The molecule has 5 nitrogen and oxygen atoms in total. The highest BCUT2D eigenvalue weighted by Gasteiger charge is 2.31. The third-order valence-corrected chi connectivity index (χ3v) is 4.00. The number of carbonyl (C=O) groups excluding carboxylic acids is 1. The minimum atomic E-state index is -0.512. The van der Waals surface area contributed by atoms with Gasteiger partial charge >= 0.3 is 0 Å². The summed E-state index contributed by atoms with van der Waals surface area (Å²) in [5, 5.41) is 0.496. The normalized spacial score (nSPS) is 22.7. The van der Waals surface area contributed by atoms with Crippen LogP contribution in [0.5, 0.6) is 0 Å². The van der Waals surface area contributed by atoms with E-state index in [9.17, 15) is 9.18 Å². The lowest BCUT2D eigenvalue weighted by atomic mass is 10.2. The second kappa shape index (κ2) is 4.73. The molecule has 0 saturated carbocycles. The van der Waals surface area contributed by atoms with Crippen molar-refractivity contribution < 1.29 is 9.18 Å². The Morgan fingerprint density at radius 1 is 1.35 bits per heavy atom. The molecule has 2 aromatic rings. The number of H-pyrrole nitrogens is 1. The lowest BCUT2D eigenvalue weighted by Crippen LogP contribution is -2.39. The first-order valence-electron chi connectivity index (χ1n) is 6.24. The molecule has 106 valence electrons. The number of amides is 1. The predicted molar refractivity (Wildman–Crippen MR) is 75.1 cm³/mol. The van der Waals surface area contributed by atoms with E-state index in [1.165, 1.54) is 6.07 Å². The summed E-state index contributed by atoms with van der Waals surface area (Å²) in [6.07, 6.45) is 0. The van der Waals surface area contributed by atoms with Crippen LogP contribution in [0.3, 0.4) is 0 Å². The van der Waals surface area contributed by atoms with Gasteiger partial charge in [-0.25, -0.2) is 4.39 Å². The molecule has 0 aliphatic carbocycles. The summed E-state index contributed by atoms with van der Waals surface area (Å²) >= 11 is 5.89. The molecule has 2 atom stereocenters. The van der Waals surface area contributed by atoms with E-state index < -0.39 is 5.82 Å². The van der Waals surface area contributed by atoms with Crippen LogP contribution in [0, 0.1) is 5.82 Å². The number of nitrogens with one attached hydrogen (secondary N) is 1. The molecular formula is C13H14ClFN4O. The molecular weight excluding hydrogens is 283 g/mol. The molecule has 1 aromatic heterocycles. The zero-order valence-corrected chi connectivity index (χ0v) is 11.3. The average molecular weight is 297 g/mol. The fourth-order valence-electron chi connectivity index (χ4n) is 2.45. The van der Waals surface area contributed by atoms with E-state index in [1.807, 2.05) is 0 Å². The van der Waals surface area contributed by atoms with E-state index in [-0.39, 0.29) is 23.0 Å². The maximum absolute atomic E-state index is 13.4. The van der Waals surface area contributed by atoms with Crippen LogP contribution in [-0.4, -0.2) is 41.0 Å². The molecule has 1 aromatic carbocycles. The molecule has 0 bridgehead atoms. The number of halogens is 2. The van der Waals surface area contributed by atoms with Gasteiger partial charge in [0.15, 0.2) is 0 Å². The number of rotatable bonds is 1. The van der Waals surface area contributed by atoms with Crippen molar-refractivity contribution in [1.29, 1.82) is 0 Å². The Labute approximate surface area is 119 Å². The Morgan fingerprint density at radius 3 is 2.65 bits per heavy atom. The van der Waals surface area contributed by atoms with Gasteiger partial charge in [-0.3, -0.25) is 4.79 Å². The highest BCUT2D eigenvalue weighted by atomic mass is 35.5. The highest BCUT2D eigenvalue weighted by molar-refractivity contribution is 6.35. The van der Waals surface area contributed by atoms with Gasteiger partial charge in [-0.05, 0) is 18.2 Å². The maximum atomic E-state index is 13.4. The molecule has 5 N–H and O–H groups in total. The fourth-order valence-corrected chi connectivity index (χ4v) is 2.67. The lowest BCUT2D eigenvalue weighted by molar-refractivity contribution is 0.0784. The van der Waals surface area contributed by atoms with Gasteiger partial charge in [0.2, 0.25) is 0 Å². The summed E-state index contributed by atoms with van der Waals surface area (Å²) in [5.41, 5.74) is 12.6. The molecule has 0 unspecified atom stereocenters. The summed E-state index contributed by atoms with van der Waals surface area (Å²) in [4.78, 5) is 16.9. The van der Waals surface area contributed by atoms with Gasteiger partial charge in [-0.15, -0.1) is 0 Å². The quantitative estimate of drug-likeness (QED) is 0.735. The number of aromatic nitrogens is 1. The van der Waals surface area contributed by atoms with E-state index >= 15 is 0 Å². The van der Waals surface area contributed by atoms with Crippen LogP contribution in [0.2, 0.25) is 5.02 Å². The molecule has 1 aliphatic rings. The van der Waals surface area contributed by atoms with Crippen molar-refractivity contribution >= 4 is 28.4 Å². The number of benzene rings is 1. The standard InChI is InChI=1S/C13H14ClFN4O/c14-12-6-3-11(18-10(6)2-1-7(12)15)13(20)19-4-8(16)9(17)5-19/h1-3,8-9,18H,4-5,16-17H2/t8-,9-/m1/s1. The largest absolute Gasteiger partial charge is 0.350 e. The van der Waals surface area contributed by atoms with E-state index in [1.54, 1.807) is 17.0 Å². The number of nitrogens with two attached hydrogens (primary N) is 2. The van der Waals surface area contributed by atoms with Gasteiger partial charge in [0, 0.05) is 36.1 Å². The monoisotopic (exact) mass is 296 g/mol. The van der Waals surface area contributed by atoms with Gasteiger partial charge in [0.05, 0.1) is 5.02 Å². The third-order valence-electron chi connectivity index (χ3n) is 3.62. The first-order valence-corrected chi connectivity index (χ1v) is 6.62.